The molecule has 1 aromatic heterocycles. The lowest BCUT2D eigenvalue weighted by Crippen LogP contribution is -2.54. The Hall–Kier alpha value is -2.18. The summed E-state index contributed by atoms with van der Waals surface area (Å²) in [6.07, 6.45) is 2.82. The Balaban J connectivity index is 1.63. The number of rotatable bonds is 5. The summed E-state index contributed by atoms with van der Waals surface area (Å²) >= 11 is 0. The van der Waals surface area contributed by atoms with Crippen molar-refractivity contribution >= 4 is 5.91 Å². The van der Waals surface area contributed by atoms with E-state index in [9.17, 15) is 4.79 Å². The molecule has 0 bridgehead atoms. The molecule has 1 aromatic carbocycles. The smallest absolute Gasteiger partial charge is 0.246 e. The second-order valence-corrected chi connectivity index (χ2v) is 9.14. The number of carbonyl (C=O) groups is 1. The second kappa shape index (κ2) is 8.90. The van der Waals surface area contributed by atoms with Gasteiger partial charge in [0.25, 0.3) is 0 Å². The van der Waals surface area contributed by atoms with Gasteiger partial charge in [0, 0.05) is 57.8 Å². The van der Waals surface area contributed by atoms with Crippen molar-refractivity contribution in [3.05, 3.63) is 53.6 Å². The minimum atomic E-state index is -0.260. The largest absolute Gasteiger partial charge is 0.338 e. The average Bonchev–Trinajstić information content (AvgIpc) is 3.18. The number of piperazine rings is 1. The Morgan fingerprint density at radius 2 is 1.70 bits per heavy atom. The zero-order chi connectivity index (χ0) is 21.3. The molecule has 0 radical (unpaired) electrons. The van der Waals surface area contributed by atoms with Gasteiger partial charge < -0.3 is 9.47 Å². The molecular weight excluding hydrogens is 374 g/mol. The van der Waals surface area contributed by atoms with Gasteiger partial charge in [0.1, 0.15) is 6.04 Å². The van der Waals surface area contributed by atoms with E-state index in [0.717, 1.165) is 57.1 Å². The van der Waals surface area contributed by atoms with Gasteiger partial charge in [-0.05, 0) is 33.3 Å². The lowest BCUT2D eigenvalue weighted by atomic mass is 9.99. The van der Waals surface area contributed by atoms with Crippen molar-refractivity contribution in [1.29, 1.82) is 0 Å². The highest BCUT2D eigenvalue weighted by Crippen LogP contribution is 2.34. The quantitative estimate of drug-likeness (QED) is 0.761. The molecule has 30 heavy (non-hydrogen) atoms. The van der Waals surface area contributed by atoms with Gasteiger partial charge in [-0.15, -0.1) is 0 Å². The van der Waals surface area contributed by atoms with E-state index in [0.29, 0.717) is 6.04 Å². The molecule has 0 spiro atoms. The van der Waals surface area contributed by atoms with Crippen molar-refractivity contribution in [3.8, 4) is 0 Å². The summed E-state index contributed by atoms with van der Waals surface area (Å²) in [5.41, 5.74) is 3.44. The first-order valence-corrected chi connectivity index (χ1v) is 11.3. The summed E-state index contributed by atoms with van der Waals surface area (Å²) in [5.74, 6) is 0.234. The van der Waals surface area contributed by atoms with Crippen LogP contribution in [0.3, 0.4) is 0 Å². The third kappa shape index (κ3) is 4.16. The van der Waals surface area contributed by atoms with Crippen LogP contribution in [-0.4, -0.2) is 68.9 Å². The van der Waals surface area contributed by atoms with Crippen molar-refractivity contribution in [2.45, 2.75) is 58.8 Å². The highest BCUT2D eigenvalue weighted by Gasteiger charge is 2.39. The lowest BCUT2D eigenvalue weighted by molar-refractivity contribution is -0.140. The Morgan fingerprint density at radius 3 is 2.33 bits per heavy atom. The van der Waals surface area contributed by atoms with E-state index in [1.807, 2.05) is 12.4 Å². The van der Waals surface area contributed by atoms with E-state index < -0.39 is 0 Å². The van der Waals surface area contributed by atoms with Gasteiger partial charge in [-0.1, -0.05) is 30.3 Å². The van der Waals surface area contributed by atoms with Crippen LogP contribution in [0.2, 0.25) is 0 Å². The van der Waals surface area contributed by atoms with Crippen molar-refractivity contribution in [2.75, 3.05) is 32.7 Å². The van der Waals surface area contributed by atoms with Crippen molar-refractivity contribution < 1.29 is 4.79 Å². The lowest BCUT2D eigenvalue weighted by Gasteiger charge is -2.42. The van der Waals surface area contributed by atoms with Crippen LogP contribution >= 0.6 is 0 Å². The molecule has 1 amide bonds. The van der Waals surface area contributed by atoms with Crippen LogP contribution in [0.4, 0.5) is 0 Å². The average molecular weight is 410 g/mol. The van der Waals surface area contributed by atoms with Gasteiger partial charge in [-0.25, -0.2) is 4.98 Å². The molecule has 1 atom stereocenters. The molecule has 0 N–H and O–H groups in total. The number of aromatic nitrogens is 2. The van der Waals surface area contributed by atoms with Crippen LogP contribution < -0.4 is 0 Å². The molecule has 2 aliphatic heterocycles. The number of fused-ring (bicyclic) bond motifs is 1. The van der Waals surface area contributed by atoms with Crippen LogP contribution in [0.5, 0.6) is 0 Å². The van der Waals surface area contributed by atoms with E-state index in [-0.39, 0.29) is 18.0 Å². The zero-order valence-corrected chi connectivity index (χ0v) is 18.8. The number of hydrogen-bond donors (Lipinski definition) is 0. The summed E-state index contributed by atoms with van der Waals surface area (Å²) in [7, 11) is 0. The van der Waals surface area contributed by atoms with Gasteiger partial charge >= 0.3 is 0 Å². The molecular formula is C24H35N5O. The zero-order valence-electron chi connectivity index (χ0n) is 18.8. The van der Waals surface area contributed by atoms with Gasteiger partial charge in [0.05, 0.1) is 17.7 Å². The van der Waals surface area contributed by atoms with Crippen molar-refractivity contribution in [3.63, 3.8) is 0 Å². The summed E-state index contributed by atoms with van der Waals surface area (Å²) in [6, 6.07) is 11.0. The fourth-order valence-corrected chi connectivity index (χ4v) is 4.76. The maximum atomic E-state index is 13.9. The van der Waals surface area contributed by atoms with E-state index in [4.69, 9.17) is 0 Å². The van der Waals surface area contributed by atoms with Crippen molar-refractivity contribution in [1.82, 2.24) is 24.3 Å². The number of amides is 1. The van der Waals surface area contributed by atoms with Crippen LogP contribution in [0, 0.1) is 0 Å². The normalized spacial score (nSPS) is 20.7. The molecule has 0 aliphatic carbocycles. The van der Waals surface area contributed by atoms with Gasteiger partial charge in [0.2, 0.25) is 5.91 Å². The van der Waals surface area contributed by atoms with E-state index >= 15 is 0 Å². The fourth-order valence-electron chi connectivity index (χ4n) is 4.76. The van der Waals surface area contributed by atoms with Crippen LogP contribution in [0.1, 0.15) is 56.7 Å². The predicted molar refractivity (Wildman–Crippen MR) is 119 cm³/mol. The third-order valence-corrected chi connectivity index (χ3v) is 6.55. The Morgan fingerprint density at radius 1 is 1.00 bits per heavy atom. The fraction of sp³-hybridized carbons (Fsp3) is 0.583. The van der Waals surface area contributed by atoms with Crippen LogP contribution in [0.25, 0.3) is 0 Å². The molecule has 1 saturated heterocycles. The minimum Gasteiger partial charge on any atom is -0.338 e. The summed E-state index contributed by atoms with van der Waals surface area (Å²) in [6.45, 7) is 13.9. The summed E-state index contributed by atoms with van der Waals surface area (Å²) < 4.78 is 2.21. The molecule has 0 saturated carbocycles. The number of benzene rings is 1. The number of imidazole rings is 1. The molecule has 2 aliphatic rings. The van der Waals surface area contributed by atoms with Crippen molar-refractivity contribution in [2.24, 2.45) is 0 Å². The minimum absolute atomic E-state index is 0.234. The third-order valence-electron chi connectivity index (χ3n) is 6.55. The summed E-state index contributed by atoms with van der Waals surface area (Å²) in [4.78, 5) is 25.5. The topological polar surface area (TPSA) is 44.6 Å². The van der Waals surface area contributed by atoms with Gasteiger partial charge in [-0.3, -0.25) is 14.6 Å². The van der Waals surface area contributed by atoms with Crippen LogP contribution in [-0.2, 0) is 17.8 Å². The molecule has 2 aromatic rings. The Labute approximate surface area is 180 Å². The summed E-state index contributed by atoms with van der Waals surface area (Å²) in [5, 5.41) is 0. The first-order chi connectivity index (χ1) is 14.5. The predicted octanol–water partition coefficient (Wildman–Crippen LogP) is 3.12. The molecule has 6 heteroatoms. The van der Waals surface area contributed by atoms with E-state index in [1.54, 1.807) is 0 Å². The molecule has 4 rings (SSSR count). The maximum Gasteiger partial charge on any atom is 0.246 e. The SMILES string of the molecule is CC(C)N1CCN(C(=O)C2c3c(ncn3C(C)C)CCN2Cc2ccccc2)CC1. The monoisotopic (exact) mass is 409 g/mol. The number of nitrogens with zero attached hydrogens (tertiary/aromatic N) is 5. The highest BCUT2D eigenvalue weighted by molar-refractivity contribution is 5.83. The molecule has 6 nitrogen and oxygen atoms in total. The van der Waals surface area contributed by atoms with E-state index in [2.05, 4.69) is 76.2 Å². The van der Waals surface area contributed by atoms with E-state index in [1.165, 1.54) is 5.56 Å². The van der Waals surface area contributed by atoms with Crippen LogP contribution in [0.15, 0.2) is 36.7 Å². The first-order valence-electron chi connectivity index (χ1n) is 11.3. The highest BCUT2D eigenvalue weighted by atomic mass is 16.2. The standard InChI is InChI=1S/C24H35N5O/c1-18(2)26-12-14-27(15-13-26)24(30)23-22-21(25-17-29(22)19(3)4)10-11-28(23)16-20-8-6-5-7-9-20/h5-9,17-19,23H,10-16H2,1-4H3. The number of carbonyl (C=O) groups excluding carboxylic acids is 1. The Bertz CT molecular complexity index is 852. The molecule has 1 unspecified atom stereocenters. The van der Waals surface area contributed by atoms with Gasteiger partial charge in [0.15, 0.2) is 0 Å². The second-order valence-electron chi connectivity index (χ2n) is 9.14. The molecule has 162 valence electrons. The molecule has 3 heterocycles. The Kier molecular flexibility index (Phi) is 6.25. The maximum absolute atomic E-state index is 13.9. The first kappa shape index (κ1) is 21.1. The molecule has 1 fully saturated rings. The number of hydrogen-bond acceptors (Lipinski definition) is 4. The van der Waals surface area contributed by atoms with Gasteiger partial charge in [-0.2, -0.15) is 0 Å².